The van der Waals surface area contributed by atoms with Crippen LogP contribution in [0.2, 0.25) is 0 Å². The first-order valence-electron chi connectivity index (χ1n) is 7.45. The molecule has 1 heterocycles. The minimum atomic E-state index is -2.88. The maximum Gasteiger partial charge on any atom is 0.387 e. The fourth-order valence-electron chi connectivity index (χ4n) is 2.19. The first kappa shape index (κ1) is 17.0. The van der Waals surface area contributed by atoms with Gasteiger partial charge < -0.3 is 10.1 Å². The minimum Gasteiger partial charge on any atom is -0.435 e. The fraction of sp³-hybridized carbons (Fsp3) is 0.111. The van der Waals surface area contributed by atoms with Crippen molar-refractivity contribution in [2.45, 2.75) is 13.2 Å². The second-order valence-corrected chi connectivity index (χ2v) is 6.13. The molecule has 0 fully saturated rings. The Balaban J connectivity index is 1.62. The van der Waals surface area contributed by atoms with Crippen molar-refractivity contribution < 1.29 is 18.3 Å². The molecule has 0 spiro atoms. The topological polar surface area (TPSA) is 51.2 Å². The molecule has 1 aromatic heterocycles. The predicted octanol–water partition coefficient (Wildman–Crippen LogP) is 4.34. The normalized spacial score (nSPS) is 10.7. The number of amides is 1. The maximum atomic E-state index is 12.2. The molecule has 1 N–H and O–H groups in total. The van der Waals surface area contributed by atoms with Crippen LogP contribution in [0.5, 0.6) is 5.75 Å². The summed E-state index contributed by atoms with van der Waals surface area (Å²) in [6.45, 7) is -2.67. The van der Waals surface area contributed by atoms with Crippen LogP contribution in [0.25, 0.3) is 10.6 Å². The van der Waals surface area contributed by atoms with Gasteiger partial charge in [-0.05, 0) is 17.7 Å². The van der Waals surface area contributed by atoms with E-state index < -0.39 is 6.61 Å². The van der Waals surface area contributed by atoms with Crippen molar-refractivity contribution in [3.8, 4) is 16.3 Å². The van der Waals surface area contributed by atoms with Gasteiger partial charge in [-0.2, -0.15) is 8.78 Å². The average molecular weight is 360 g/mol. The molecule has 128 valence electrons. The number of hydrogen-bond acceptors (Lipinski definition) is 4. The molecule has 1 amide bonds. The van der Waals surface area contributed by atoms with E-state index in [0.29, 0.717) is 10.4 Å². The molecule has 0 radical (unpaired) electrons. The lowest BCUT2D eigenvalue weighted by molar-refractivity contribution is -0.0498. The lowest BCUT2D eigenvalue weighted by Crippen LogP contribution is -2.21. The number of rotatable bonds is 6. The molecule has 3 rings (SSSR count). The summed E-state index contributed by atoms with van der Waals surface area (Å²) in [6.07, 6.45) is 1.53. The van der Waals surface area contributed by atoms with Gasteiger partial charge in [-0.15, -0.1) is 11.3 Å². The first-order valence-corrected chi connectivity index (χ1v) is 8.26. The van der Waals surface area contributed by atoms with Gasteiger partial charge in [-0.1, -0.05) is 42.5 Å². The van der Waals surface area contributed by atoms with Crippen molar-refractivity contribution in [1.29, 1.82) is 0 Å². The third-order valence-corrected chi connectivity index (χ3v) is 4.37. The van der Waals surface area contributed by atoms with Gasteiger partial charge in [-0.25, -0.2) is 4.98 Å². The van der Waals surface area contributed by atoms with Crippen molar-refractivity contribution >= 4 is 17.2 Å². The SMILES string of the molecule is O=C(NCc1cccc(OC(F)F)c1)c1cnc(-c2ccccc2)s1. The molecule has 0 unspecified atom stereocenters. The maximum absolute atomic E-state index is 12.2. The van der Waals surface area contributed by atoms with E-state index in [1.807, 2.05) is 30.3 Å². The third-order valence-electron chi connectivity index (χ3n) is 3.33. The summed E-state index contributed by atoms with van der Waals surface area (Å²) in [6, 6.07) is 15.8. The molecule has 0 saturated carbocycles. The lowest BCUT2D eigenvalue weighted by atomic mass is 10.2. The van der Waals surface area contributed by atoms with Gasteiger partial charge >= 0.3 is 6.61 Å². The van der Waals surface area contributed by atoms with Crippen LogP contribution in [-0.2, 0) is 6.54 Å². The van der Waals surface area contributed by atoms with Crippen LogP contribution < -0.4 is 10.1 Å². The van der Waals surface area contributed by atoms with Gasteiger partial charge in [0.05, 0.1) is 6.20 Å². The van der Waals surface area contributed by atoms with Crippen molar-refractivity contribution in [2.24, 2.45) is 0 Å². The molecule has 0 atom stereocenters. The van der Waals surface area contributed by atoms with Gasteiger partial charge in [0.1, 0.15) is 15.6 Å². The van der Waals surface area contributed by atoms with Crippen LogP contribution in [0.15, 0.2) is 60.8 Å². The standard InChI is InChI=1S/C18H14F2N2O2S/c19-18(20)24-14-8-4-5-12(9-14)10-21-16(23)15-11-22-17(25-15)13-6-2-1-3-7-13/h1-9,11,18H,10H2,(H,21,23). The minimum absolute atomic E-state index is 0.0610. The molecule has 0 saturated heterocycles. The molecule has 7 heteroatoms. The van der Waals surface area contributed by atoms with Gasteiger partial charge in [0.25, 0.3) is 5.91 Å². The van der Waals surface area contributed by atoms with Crippen LogP contribution in [0, 0.1) is 0 Å². The zero-order chi connectivity index (χ0) is 17.6. The van der Waals surface area contributed by atoms with Gasteiger partial charge in [-0.3, -0.25) is 4.79 Å². The molecule has 3 aromatic rings. The summed E-state index contributed by atoms with van der Waals surface area (Å²) in [5, 5.41) is 3.51. The highest BCUT2D eigenvalue weighted by atomic mass is 32.1. The van der Waals surface area contributed by atoms with Crippen LogP contribution in [0.4, 0.5) is 8.78 Å². The van der Waals surface area contributed by atoms with E-state index in [4.69, 9.17) is 0 Å². The molecule has 2 aromatic carbocycles. The summed E-state index contributed by atoms with van der Waals surface area (Å²) in [5.74, 6) is -0.203. The average Bonchev–Trinajstić information content (AvgIpc) is 3.10. The summed E-state index contributed by atoms with van der Waals surface area (Å²) in [7, 11) is 0. The van der Waals surface area contributed by atoms with Crippen molar-refractivity contribution in [3.63, 3.8) is 0 Å². The predicted molar refractivity (Wildman–Crippen MR) is 91.8 cm³/mol. The number of carbonyl (C=O) groups is 1. The molecule has 0 bridgehead atoms. The third kappa shape index (κ3) is 4.60. The Labute approximate surface area is 147 Å². The number of alkyl halides is 2. The van der Waals surface area contributed by atoms with Crippen molar-refractivity contribution in [2.75, 3.05) is 0 Å². The Hall–Kier alpha value is -2.80. The van der Waals surface area contributed by atoms with E-state index >= 15 is 0 Å². The van der Waals surface area contributed by atoms with E-state index in [1.54, 1.807) is 12.1 Å². The van der Waals surface area contributed by atoms with Gasteiger partial charge in [0, 0.05) is 12.1 Å². The molecular formula is C18H14F2N2O2S. The Morgan fingerprint density at radius 2 is 1.96 bits per heavy atom. The highest BCUT2D eigenvalue weighted by molar-refractivity contribution is 7.16. The number of ether oxygens (including phenoxy) is 1. The highest BCUT2D eigenvalue weighted by Gasteiger charge is 2.12. The number of nitrogens with one attached hydrogen (secondary N) is 1. The summed E-state index contributed by atoms with van der Waals surface area (Å²) < 4.78 is 28.8. The highest BCUT2D eigenvalue weighted by Crippen LogP contribution is 2.24. The summed E-state index contributed by atoms with van der Waals surface area (Å²) in [5.41, 5.74) is 1.61. The second kappa shape index (κ2) is 7.85. The van der Waals surface area contributed by atoms with Gasteiger partial charge in [0.2, 0.25) is 0 Å². The van der Waals surface area contributed by atoms with Crippen LogP contribution >= 0.6 is 11.3 Å². The van der Waals surface area contributed by atoms with Crippen LogP contribution in [0.3, 0.4) is 0 Å². The Morgan fingerprint density at radius 1 is 1.16 bits per heavy atom. The number of nitrogens with zero attached hydrogens (tertiary/aromatic N) is 1. The molecule has 0 aliphatic heterocycles. The van der Waals surface area contributed by atoms with Crippen molar-refractivity contribution in [3.05, 3.63) is 71.2 Å². The number of benzene rings is 2. The van der Waals surface area contributed by atoms with E-state index in [0.717, 1.165) is 10.6 Å². The first-order chi connectivity index (χ1) is 12.1. The van der Waals surface area contributed by atoms with E-state index in [-0.39, 0.29) is 18.2 Å². The number of thiazole rings is 1. The van der Waals surface area contributed by atoms with Crippen molar-refractivity contribution in [1.82, 2.24) is 10.3 Å². The Kier molecular flexibility index (Phi) is 5.35. The van der Waals surface area contributed by atoms with Crippen LogP contribution in [0.1, 0.15) is 15.2 Å². The molecule has 4 nitrogen and oxygen atoms in total. The smallest absolute Gasteiger partial charge is 0.387 e. The monoisotopic (exact) mass is 360 g/mol. The van der Waals surface area contributed by atoms with E-state index in [9.17, 15) is 13.6 Å². The summed E-state index contributed by atoms with van der Waals surface area (Å²) >= 11 is 1.29. The van der Waals surface area contributed by atoms with Crippen LogP contribution in [-0.4, -0.2) is 17.5 Å². The zero-order valence-corrected chi connectivity index (χ0v) is 13.8. The number of hydrogen-bond donors (Lipinski definition) is 1. The quantitative estimate of drug-likeness (QED) is 0.711. The molecule has 0 aliphatic rings. The fourth-order valence-corrected chi connectivity index (χ4v) is 3.03. The molecule has 0 aliphatic carbocycles. The summed E-state index contributed by atoms with van der Waals surface area (Å²) in [4.78, 5) is 17.0. The van der Waals surface area contributed by atoms with E-state index in [2.05, 4.69) is 15.0 Å². The number of carbonyl (C=O) groups excluding carboxylic acids is 1. The molecule has 25 heavy (non-hydrogen) atoms. The number of halogens is 2. The number of aromatic nitrogens is 1. The largest absolute Gasteiger partial charge is 0.435 e. The Morgan fingerprint density at radius 3 is 2.72 bits per heavy atom. The Bertz CT molecular complexity index is 853. The lowest BCUT2D eigenvalue weighted by Gasteiger charge is -2.07. The van der Waals surface area contributed by atoms with E-state index in [1.165, 1.54) is 29.7 Å². The zero-order valence-electron chi connectivity index (χ0n) is 13.0. The second-order valence-electron chi connectivity index (χ2n) is 5.10. The molecular weight excluding hydrogens is 346 g/mol. The van der Waals surface area contributed by atoms with Gasteiger partial charge in [0.15, 0.2) is 0 Å².